The maximum atomic E-state index is 12.1. The summed E-state index contributed by atoms with van der Waals surface area (Å²) in [5.74, 6) is -0.0461. The van der Waals surface area contributed by atoms with Crippen molar-refractivity contribution in [2.45, 2.75) is 6.92 Å². The number of nitrogens with one attached hydrogen (secondary N) is 1. The van der Waals surface area contributed by atoms with Crippen LogP contribution < -0.4 is 5.32 Å². The summed E-state index contributed by atoms with van der Waals surface area (Å²) >= 11 is 12.2. The van der Waals surface area contributed by atoms with Gasteiger partial charge in [-0.05, 0) is 19.1 Å². The number of rotatable bonds is 4. The highest BCUT2D eigenvalue weighted by molar-refractivity contribution is 6.39. The molecule has 0 aliphatic carbocycles. The number of hydrogen-bond donors (Lipinski definition) is 2. The van der Waals surface area contributed by atoms with Crippen molar-refractivity contribution in [2.75, 3.05) is 13.2 Å². The van der Waals surface area contributed by atoms with Crippen LogP contribution in [0.1, 0.15) is 16.1 Å². The van der Waals surface area contributed by atoms with Gasteiger partial charge in [0, 0.05) is 12.1 Å². The summed E-state index contributed by atoms with van der Waals surface area (Å²) in [6.45, 7) is 1.60. The molecule has 0 aliphatic heterocycles. The van der Waals surface area contributed by atoms with E-state index in [0.29, 0.717) is 21.4 Å². The zero-order valence-electron chi connectivity index (χ0n) is 10.6. The van der Waals surface area contributed by atoms with E-state index in [1.54, 1.807) is 25.1 Å². The summed E-state index contributed by atoms with van der Waals surface area (Å²) in [6.07, 6.45) is 0. The molecule has 1 aromatic carbocycles. The van der Waals surface area contributed by atoms with E-state index in [9.17, 15) is 4.79 Å². The van der Waals surface area contributed by atoms with Crippen molar-refractivity contribution in [3.05, 3.63) is 39.6 Å². The summed E-state index contributed by atoms with van der Waals surface area (Å²) < 4.78 is 5.07. The number of carbonyl (C=O) groups is 1. The van der Waals surface area contributed by atoms with E-state index in [-0.39, 0.29) is 24.4 Å². The predicted octanol–water partition coefficient (Wildman–Crippen LogP) is 2.68. The second-order valence-corrected chi connectivity index (χ2v) is 4.85. The Morgan fingerprint density at radius 1 is 1.40 bits per heavy atom. The number of aliphatic hydroxyl groups excluding tert-OH is 1. The molecule has 1 aromatic heterocycles. The van der Waals surface area contributed by atoms with E-state index in [2.05, 4.69) is 10.5 Å². The predicted molar refractivity (Wildman–Crippen MR) is 76.1 cm³/mol. The number of halogens is 2. The maximum Gasteiger partial charge on any atom is 0.257 e. The Balaban J connectivity index is 2.51. The van der Waals surface area contributed by atoms with Crippen LogP contribution >= 0.6 is 23.2 Å². The molecule has 0 fully saturated rings. The molecule has 106 valence electrons. The summed E-state index contributed by atoms with van der Waals surface area (Å²) in [7, 11) is 0. The van der Waals surface area contributed by atoms with Crippen molar-refractivity contribution >= 4 is 29.1 Å². The van der Waals surface area contributed by atoms with E-state index < -0.39 is 5.91 Å². The first-order valence-corrected chi connectivity index (χ1v) is 6.61. The molecule has 0 bridgehead atoms. The zero-order chi connectivity index (χ0) is 14.7. The number of amides is 1. The Hall–Kier alpha value is -1.56. The lowest BCUT2D eigenvalue weighted by molar-refractivity contribution is 0.0944. The minimum absolute atomic E-state index is 0.138. The third-order valence-electron chi connectivity index (χ3n) is 2.69. The SMILES string of the molecule is Cc1onc(-c2c(Cl)cccc2Cl)c1C(=O)NCCO. The number of aryl methyl sites for hydroxylation is 1. The molecule has 5 nitrogen and oxygen atoms in total. The Labute approximate surface area is 125 Å². The Morgan fingerprint density at radius 2 is 2.05 bits per heavy atom. The molecule has 7 heteroatoms. The highest BCUT2D eigenvalue weighted by Gasteiger charge is 2.24. The first-order chi connectivity index (χ1) is 9.56. The Kier molecular flexibility index (Phi) is 4.65. The lowest BCUT2D eigenvalue weighted by Gasteiger charge is -2.07. The van der Waals surface area contributed by atoms with Crippen LogP contribution in [0, 0.1) is 6.92 Å². The van der Waals surface area contributed by atoms with Gasteiger partial charge in [-0.15, -0.1) is 0 Å². The fraction of sp³-hybridized carbons (Fsp3) is 0.231. The number of hydrogen-bond acceptors (Lipinski definition) is 4. The van der Waals surface area contributed by atoms with Crippen LogP contribution in [0.25, 0.3) is 11.3 Å². The molecule has 0 radical (unpaired) electrons. The average molecular weight is 315 g/mol. The van der Waals surface area contributed by atoms with E-state index in [1.165, 1.54) is 0 Å². The molecule has 1 amide bonds. The topological polar surface area (TPSA) is 75.4 Å². The first-order valence-electron chi connectivity index (χ1n) is 5.86. The fourth-order valence-corrected chi connectivity index (χ4v) is 2.37. The first kappa shape index (κ1) is 14.8. The molecule has 2 rings (SSSR count). The molecule has 0 aliphatic rings. The van der Waals surface area contributed by atoms with Gasteiger partial charge in [0.15, 0.2) is 0 Å². The van der Waals surface area contributed by atoms with Crippen molar-refractivity contribution in [3.8, 4) is 11.3 Å². The minimum atomic E-state index is -0.399. The highest BCUT2D eigenvalue weighted by Crippen LogP contribution is 2.36. The van der Waals surface area contributed by atoms with Crippen LogP contribution in [0.3, 0.4) is 0 Å². The third-order valence-corrected chi connectivity index (χ3v) is 3.32. The van der Waals surface area contributed by atoms with Crippen LogP contribution in [-0.2, 0) is 0 Å². The Bertz CT molecular complexity index is 620. The molecular weight excluding hydrogens is 303 g/mol. The van der Waals surface area contributed by atoms with Crippen molar-refractivity contribution < 1.29 is 14.4 Å². The number of aliphatic hydroxyl groups is 1. The van der Waals surface area contributed by atoms with E-state index in [0.717, 1.165) is 0 Å². The maximum absolute atomic E-state index is 12.1. The molecular formula is C13H12Cl2N2O3. The highest BCUT2D eigenvalue weighted by atomic mass is 35.5. The van der Waals surface area contributed by atoms with Gasteiger partial charge in [0.05, 0.1) is 16.7 Å². The van der Waals surface area contributed by atoms with Gasteiger partial charge in [0.1, 0.15) is 17.0 Å². The summed E-state index contributed by atoms with van der Waals surface area (Å²) in [5.41, 5.74) is 0.990. The van der Waals surface area contributed by atoms with Crippen LogP contribution in [0.2, 0.25) is 10.0 Å². The van der Waals surface area contributed by atoms with Crippen molar-refractivity contribution in [3.63, 3.8) is 0 Å². The average Bonchev–Trinajstić information content (AvgIpc) is 2.78. The zero-order valence-corrected chi connectivity index (χ0v) is 12.1. The van der Waals surface area contributed by atoms with Crippen LogP contribution in [0.15, 0.2) is 22.7 Å². The summed E-state index contributed by atoms with van der Waals surface area (Å²) in [4.78, 5) is 12.1. The van der Waals surface area contributed by atoms with Gasteiger partial charge >= 0.3 is 0 Å². The minimum Gasteiger partial charge on any atom is -0.395 e. The molecule has 1 heterocycles. The van der Waals surface area contributed by atoms with Crippen molar-refractivity contribution in [1.82, 2.24) is 10.5 Å². The normalized spacial score (nSPS) is 10.6. The standard InChI is InChI=1S/C13H12Cl2N2O3/c1-7-10(13(19)16-5-6-18)12(17-20-7)11-8(14)3-2-4-9(11)15/h2-4,18H,5-6H2,1H3,(H,16,19). The van der Waals surface area contributed by atoms with E-state index >= 15 is 0 Å². The van der Waals surface area contributed by atoms with E-state index in [4.69, 9.17) is 32.8 Å². The van der Waals surface area contributed by atoms with Gasteiger partial charge < -0.3 is 14.9 Å². The molecule has 0 atom stereocenters. The Morgan fingerprint density at radius 3 is 2.65 bits per heavy atom. The van der Waals surface area contributed by atoms with Gasteiger partial charge in [0.2, 0.25) is 0 Å². The number of benzene rings is 1. The number of carbonyl (C=O) groups excluding carboxylic acids is 1. The monoisotopic (exact) mass is 314 g/mol. The molecule has 0 unspecified atom stereocenters. The van der Waals surface area contributed by atoms with Gasteiger partial charge in [-0.1, -0.05) is 34.4 Å². The lowest BCUT2D eigenvalue weighted by Crippen LogP contribution is -2.27. The summed E-state index contributed by atoms with van der Waals surface area (Å²) in [6, 6.07) is 5.01. The molecule has 0 saturated carbocycles. The van der Waals surface area contributed by atoms with Crippen LogP contribution in [0.5, 0.6) is 0 Å². The third kappa shape index (κ3) is 2.80. The summed E-state index contributed by atoms with van der Waals surface area (Å²) in [5, 5.41) is 15.9. The quantitative estimate of drug-likeness (QED) is 0.909. The van der Waals surface area contributed by atoms with Gasteiger partial charge in [-0.3, -0.25) is 4.79 Å². The fourth-order valence-electron chi connectivity index (χ4n) is 1.79. The molecule has 2 aromatic rings. The van der Waals surface area contributed by atoms with Crippen molar-refractivity contribution in [1.29, 1.82) is 0 Å². The van der Waals surface area contributed by atoms with Crippen LogP contribution in [0.4, 0.5) is 0 Å². The largest absolute Gasteiger partial charge is 0.395 e. The molecule has 0 spiro atoms. The second-order valence-electron chi connectivity index (χ2n) is 4.04. The smallest absolute Gasteiger partial charge is 0.257 e. The molecule has 2 N–H and O–H groups in total. The van der Waals surface area contributed by atoms with Gasteiger partial charge in [0.25, 0.3) is 5.91 Å². The number of aromatic nitrogens is 1. The second kappa shape index (κ2) is 6.26. The molecule has 20 heavy (non-hydrogen) atoms. The van der Waals surface area contributed by atoms with Crippen LogP contribution in [-0.4, -0.2) is 29.3 Å². The number of nitrogens with zero attached hydrogens (tertiary/aromatic N) is 1. The van der Waals surface area contributed by atoms with Gasteiger partial charge in [-0.2, -0.15) is 0 Å². The molecule has 0 saturated heterocycles. The van der Waals surface area contributed by atoms with E-state index in [1.807, 2.05) is 0 Å². The van der Waals surface area contributed by atoms with Gasteiger partial charge in [-0.25, -0.2) is 0 Å². The van der Waals surface area contributed by atoms with Crippen molar-refractivity contribution in [2.24, 2.45) is 0 Å². The lowest BCUT2D eigenvalue weighted by atomic mass is 10.1.